The smallest absolute Gasteiger partial charge is 0.103 e. The number of hydrogen-bond acceptors (Lipinski definition) is 1. The highest BCUT2D eigenvalue weighted by Crippen LogP contribution is 1.97. The molecule has 0 saturated carbocycles. The summed E-state index contributed by atoms with van der Waals surface area (Å²) >= 11 is 0. The number of imidazole rings is 1. The lowest BCUT2D eigenvalue weighted by molar-refractivity contribution is 1.04. The highest BCUT2D eigenvalue weighted by Gasteiger charge is 1.91. The lowest BCUT2D eigenvalue weighted by Gasteiger charge is -1.87. The van der Waals surface area contributed by atoms with Gasteiger partial charge in [-0.2, -0.15) is 0 Å². The molecular formula is C6H9BN2. The summed E-state index contributed by atoms with van der Waals surface area (Å²) < 4.78 is 0. The van der Waals surface area contributed by atoms with Crippen molar-refractivity contribution in [2.45, 2.75) is 19.7 Å². The Hall–Kier alpha value is -0.725. The molecular weight excluding hydrogens is 111 g/mol. The normalized spacial score (nSPS) is 9.89. The Morgan fingerprint density at radius 3 is 3.00 bits per heavy atom. The van der Waals surface area contributed by atoms with Gasteiger partial charge in [0.15, 0.2) is 0 Å². The van der Waals surface area contributed by atoms with Crippen LogP contribution in [0.4, 0.5) is 0 Å². The SMILES string of the molecule is [B]CCc1cnc(C)[nH]1. The summed E-state index contributed by atoms with van der Waals surface area (Å²) in [6.07, 6.45) is 3.39. The second-order valence-electron chi connectivity index (χ2n) is 2.03. The predicted molar refractivity (Wildman–Crippen MR) is 37.6 cm³/mol. The molecule has 0 aromatic carbocycles. The molecule has 2 nitrogen and oxygen atoms in total. The molecule has 0 aliphatic heterocycles. The zero-order valence-corrected chi connectivity index (χ0v) is 5.52. The summed E-state index contributed by atoms with van der Waals surface area (Å²) in [6, 6.07) is 0. The fourth-order valence-corrected chi connectivity index (χ4v) is 0.754. The van der Waals surface area contributed by atoms with Crippen LogP contribution in [0, 0.1) is 6.92 Å². The summed E-state index contributed by atoms with van der Waals surface area (Å²) in [5, 5.41) is 0. The molecule has 46 valence electrons. The second kappa shape index (κ2) is 2.71. The Morgan fingerprint density at radius 1 is 1.78 bits per heavy atom. The van der Waals surface area contributed by atoms with E-state index in [0.29, 0.717) is 6.32 Å². The first-order valence-electron chi connectivity index (χ1n) is 3.03. The van der Waals surface area contributed by atoms with Crippen molar-refractivity contribution in [2.24, 2.45) is 0 Å². The summed E-state index contributed by atoms with van der Waals surface area (Å²) in [7, 11) is 5.32. The first-order chi connectivity index (χ1) is 4.33. The number of H-pyrrole nitrogens is 1. The maximum Gasteiger partial charge on any atom is 0.103 e. The first-order valence-corrected chi connectivity index (χ1v) is 3.03. The van der Waals surface area contributed by atoms with Crippen LogP contribution in [0.2, 0.25) is 6.32 Å². The van der Waals surface area contributed by atoms with Crippen molar-refractivity contribution in [3.8, 4) is 0 Å². The van der Waals surface area contributed by atoms with Crippen LogP contribution in [0.3, 0.4) is 0 Å². The molecule has 1 heterocycles. The van der Waals surface area contributed by atoms with Gasteiger partial charge in [-0.25, -0.2) is 4.98 Å². The van der Waals surface area contributed by atoms with Crippen molar-refractivity contribution in [3.63, 3.8) is 0 Å². The maximum atomic E-state index is 5.32. The topological polar surface area (TPSA) is 28.7 Å². The number of aromatic nitrogens is 2. The molecule has 0 spiro atoms. The zero-order valence-electron chi connectivity index (χ0n) is 5.52. The quantitative estimate of drug-likeness (QED) is 0.575. The molecule has 1 rings (SSSR count). The van der Waals surface area contributed by atoms with Crippen molar-refractivity contribution in [2.75, 3.05) is 0 Å². The largest absolute Gasteiger partial charge is 0.346 e. The summed E-state index contributed by atoms with van der Waals surface area (Å²) in [5.41, 5.74) is 1.12. The third kappa shape index (κ3) is 1.59. The minimum atomic E-state index is 0.682. The molecule has 0 bridgehead atoms. The van der Waals surface area contributed by atoms with Gasteiger partial charge in [0.25, 0.3) is 0 Å². The molecule has 0 unspecified atom stereocenters. The third-order valence-electron chi connectivity index (χ3n) is 1.17. The van der Waals surface area contributed by atoms with Crippen LogP contribution in [-0.4, -0.2) is 17.8 Å². The Morgan fingerprint density at radius 2 is 2.56 bits per heavy atom. The minimum Gasteiger partial charge on any atom is -0.346 e. The molecule has 3 heteroatoms. The zero-order chi connectivity index (χ0) is 6.69. The summed E-state index contributed by atoms with van der Waals surface area (Å²) in [4.78, 5) is 7.11. The monoisotopic (exact) mass is 120 g/mol. The van der Waals surface area contributed by atoms with E-state index in [4.69, 9.17) is 7.85 Å². The van der Waals surface area contributed by atoms with E-state index in [9.17, 15) is 0 Å². The minimum absolute atomic E-state index is 0.682. The van der Waals surface area contributed by atoms with Gasteiger partial charge in [0.1, 0.15) is 5.82 Å². The van der Waals surface area contributed by atoms with Gasteiger partial charge in [-0.1, -0.05) is 6.32 Å². The van der Waals surface area contributed by atoms with E-state index >= 15 is 0 Å². The lowest BCUT2D eigenvalue weighted by Crippen LogP contribution is -1.82. The third-order valence-corrected chi connectivity index (χ3v) is 1.17. The molecule has 1 aromatic heterocycles. The highest BCUT2D eigenvalue weighted by molar-refractivity contribution is 6.08. The van der Waals surface area contributed by atoms with Gasteiger partial charge in [-0.05, 0) is 13.3 Å². The van der Waals surface area contributed by atoms with E-state index in [2.05, 4.69) is 9.97 Å². The Bertz CT molecular complexity index is 183. The van der Waals surface area contributed by atoms with Crippen LogP contribution in [0.1, 0.15) is 11.5 Å². The Labute approximate surface area is 56.1 Å². The van der Waals surface area contributed by atoms with Gasteiger partial charge in [0.05, 0.1) is 7.85 Å². The number of hydrogen-bond donors (Lipinski definition) is 1. The fourth-order valence-electron chi connectivity index (χ4n) is 0.754. The molecule has 0 saturated heterocycles. The molecule has 0 atom stereocenters. The van der Waals surface area contributed by atoms with Gasteiger partial charge in [0.2, 0.25) is 0 Å². The van der Waals surface area contributed by atoms with Crippen LogP contribution >= 0.6 is 0 Å². The van der Waals surface area contributed by atoms with Gasteiger partial charge < -0.3 is 4.98 Å². The van der Waals surface area contributed by atoms with Crippen LogP contribution in [0.15, 0.2) is 6.20 Å². The van der Waals surface area contributed by atoms with Crippen molar-refractivity contribution >= 4 is 7.85 Å². The molecule has 0 aliphatic carbocycles. The summed E-state index contributed by atoms with van der Waals surface area (Å²) in [5.74, 6) is 0.957. The van der Waals surface area contributed by atoms with Gasteiger partial charge in [-0.3, -0.25) is 0 Å². The molecule has 0 aliphatic rings. The molecule has 1 N–H and O–H groups in total. The standard InChI is InChI=1S/C6H9BN2/c1-5-8-4-6(9-5)2-3-7/h4H,2-3H2,1H3,(H,8,9). The van der Waals surface area contributed by atoms with E-state index in [1.165, 1.54) is 0 Å². The van der Waals surface area contributed by atoms with Crippen molar-refractivity contribution in [1.29, 1.82) is 0 Å². The number of aromatic amines is 1. The van der Waals surface area contributed by atoms with Gasteiger partial charge in [-0.15, -0.1) is 0 Å². The maximum absolute atomic E-state index is 5.32. The molecule has 1 aromatic rings. The molecule has 9 heavy (non-hydrogen) atoms. The Kier molecular flexibility index (Phi) is 1.93. The summed E-state index contributed by atoms with van der Waals surface area (Å²) in [6.45, 7) is 1.93. The number of aryl methyl sites for hydroxylation is 2. The second-order valence-corrected chi connectivity index (χ2v) is 2.03. The van der Waals surface area contributed by atoms with E-state index in [-0.39, 0.29) is 0 Å². The van der Waals surface area contributed by atoms with Crippen LogP contribution in [0.5, 0.6) is 0 Å². The Balaban J connectivity index is 2.61. The van der Waals surface area contributed by atoms with Crippen molar-refractivity contribution in [1.82, 2.24) is 9.97 Å². The van der Waals surface area contributed by atoms with Crippen LogP contribution < -0.4 is 0 Å². The van der Waals surface area contributed by atoms with Gasteiger partial charge >= 0.3 is 0 Å². The van der Waals surface area contributed by atoms with Gasteiger partial charge in [0, 0.05) is 11.9 Å². The van der Waals surface area contributed by atoms with E-state index in [0.717, 1.165) is 17.9 Å². The number of nitrogens with zero attached hydrogens (tertiary/aromatic N) is 1. The predicted octanol–water partition coefficient (Wildman–Crippen LogP) is 0.847. The van der Waals surface area contributed by atoms with Crippen LogP contribution in [0.25, 0.3) is 0 Å². The average molecular weight is 120 g/mol. The number of nitrogens with one attached hydrogen (secondary N) is 1. The molecule has 2 radical (unpaired) electrons. The van der Waals surface area contributed by atoms with Crippen molar-refractivity contribution < 1.29 is 0 Å². The first kappa shape index (κ1) is 6.40. The van der Waals surface area contributed by atoms with E-state index in [1.54, 1.807) is 0 Å². The average Bonchev–Trinajstić information content (AvgIpc) is 2.17. The lowest BCUT2D eigenvalue weighted by atomic mass is 10.0. The number of rotatable bonds is 2. The highest BCUT2D eigenvalue weighted by atomic mass is 14.9. The van der Waals surface area contributed by atoms with E-state index < -0.39 is 0 Å². The van der Waals surface area contributed by atoms with Crippen LogP contribution in [-0.2, 0) is 6.42 Å². The fraction of sp³-hybridized carbons (Fsp3) is 0.500. The van der Waals surface area contributed by atoms with Crippen molar-refractivity contribution in [3.05, 3.63) is 17.7 Å². The molecule has 0 fully saturated rings. The van der Waals surface area contributed by atoms with E-state index in [1.807, 2.05) is 13.1 Å². The molecule has 0 amide bonds.